The molecule has 0 heterocycles. The summed E-state index contributed by atoms with van der Waals surface area (Å²) in [5.41, 5.74) is 2.72. The third kappa shape index (κ3) is 5.65. The number of unbranched alkanes of at least 4 members (excludes halogenated alkanes) is 1. The van der Waals surface area contributed by atoms with Gasteiger partial charge in [-0.05, 0) is 55.7 Å². The molecule has 19 heavy (non-hydrogen) atoms. The number of rotatable bonds is 6. The summed E-state index contributed by atoms with van der Waals surface area (Å²) < 4.78 is 5.80. The molecule has 0 bridgehead atoms. The predicted molar refractivity (Wildman–Crippen MR) is 80.9 cm³/mol. The van der Waals surface area contributed by atoms with Crippen molar-refractivity contribution in [2.45, 2.75) is 65.4 Å². The zero-order valence-electron chi connectivity index (χ0n) is 13.0. The summed E-state index contributed by atoms with van der Waals surface area (Å²) in [6, 6.07) is 6.44. The molecule has 1 unspecified atom stereocenters. The largest absolute Gasteiger partial charge is 0.493 e. The maximum Gasteiger partial charge on any atom is 0.122 e. The second-order valence-corrected chi connectivity index (χ2v) is 6.42. The highest BCUT2D eigenvalue weighted by Crippen LogP contribution is 2.27. The highest BCUT2D eigenvalue weighted by Gasteiger charge is 2.14. The normalized spacial score (nSPS) is 13.4. The van der Waals surface area contributed by atoms with Crippen LogP contribution in [0.1, 0.15) is 58.1 Å². The Morgan fingerprint density at radius 1 is 1.21 bits per heavy atom. The summed E-state index contributed by atoms with van der Waals surface area (Å²) in [6.45, 7) is 11.3. The number of aryl methyl sites for hydroxylation is 1. The number of benzene rings is 1. The minimum Gasteiger partial charge on any atom is -0.493 e. The quantitative estimate of drug-likeness (QED) is 0.779. The van der Waals surface area contributed by atoms with Crippen LogP contribution in [0, 0.1) is 6.92 Å². The first kappa shape index (κ1) is 16.0. The molecule has 0 radical (unpaired) electrons. The van der Waals surface area contributed by atoms with Crippen molar-refractivity contribution in [3.63, 3.8) is 0 Å². The second-order valence-electron chi connectivity index (χ2n) is 6.42. The summed E-state index contributed by atoms with van der Waals surface area (Å²) >= 11 is 0. The average molecular weight is 264 g/mol. The number of aliphatic hydroxyl groups is 1. The standard InChI is InChI=1S/C17H28O2/c1-13-12-15(17(3,4)5)9-10-16(13)19-11-7-6-8-14(2)18/h9-10,12,14,18H,6-8,11H2,1-5H3. The Labute approximate surface area is 117 Å². The Kier molecular flexibility index (Phi) is 5.86. The van der Waals surface area contributed by atoms with Crippen molar-refractivity contribution >= 4 is 0 Å². The molecule has 1 rings (SSSR count). The highest BCUT2D eigenvalue weighted by molar-refractivity contribution is 5.38. The van der Waals surface area contributed by atoms with Gasteiger partial charge in [-0.15, -0.1) is 0 Å². The van der Waals surface area contributed by atoms with E-state index < -0.39 is 0 Å². The summed E-state index contributed by atoms with van der Waals surface area (Å²) in [4.78, 5) is 0. The minimum absolute atomic E-state index is 0.181. The van der Waals surface area contributed by atoms with E-state index in [1.807, 2.05) is 6.92 Å². The SMILES string of the molecule is Cc1cc(C(C)(C)C)ccc1OCCCCC(C)O. The summed E-state index contributed by atoms with van der Waals surface area (Å²) in [5.74, 6) is 0.977. The van der Waals surface area contributed by atoms with Crippen molar-refractivity contribution in [2.75, 3.05) is 6.61 Å². The topological polar surface area (TPSA) is 29.5 Å². The lowest BCUT2D eigenvalue weighted by atomic mass is 9.86. The zero-order chi connectivity index (χ0) is 14.5. The van der Waals surface area contributed by atoms with Gasteiger partial charge in [-0.25, -0.2) is 0 Å². The summed E-state index contributed by atoms with van der Waals surface area (Å²) in [6.07, 6.45) is 2.65. The van der Waals surface area contributed by atoms with Crippen molar-refractivity contribution in [3.8, 4) is 5.75 Å². The molecule has 2 heteroatoms. The van der Waals surface area contributed by atoms with E-state index in [0.29, 0.717) is 0 Å². The molecule has 1 aromatic carbocycles. The summed E-state index contributed by atoms with van der Waals surface area (Å²) in [5, 5.41) is 9.18. The summed E-state index contributed by atoms with van der Waals surface area (Å²) in [7, 11) is 0. The Hall–Kier alpha value is -1.02. The van der Waals surface area contributed by atoms with Crippen LogP contribution in [0.4, 0.5) is 0 Å². The van der Waals surface area contributed by atoms with Gasteiger partial charge in [0.25, 0.3) is 0 Å². The van der Waals surface area contributed by atoms with E-state index in [4.69, 9.17) is 4.74 Å². The van der Waals surface area contributed by atoms with Gasteiger partial charge in [-0.2, -0.15) is 0 Å². The lowest BCUT2D eigenvalue weighted by Crippen LogP contribution is -2.11. The Bertz CT molecular complexity index is 389. The average Bonchev–Trinajstić information content (AvgIpc) is 2.28. The zero-order valence-corrected chi connectivity index (χ0v) is 13.0. The highest BCUT2D eigenvalue weighted by atomic mass is 16.5. The van der Waals surface area contributed by atoms with Crippen molar-refractivity contribution in [3.05, 3.63) is 29.3 Å². The first-order valence-corrected chi connectivity index (χ1v) is 7.22. The maximum atomic E-state index is 9.18. The molecule has 0 amide bonds. The van der Waals surface area contributed by atoms with Gasteiger partial charge in [0.2, 0.25) is 0 Å². The van der Waals surface area contributed by atoms with Gasteiger partial charge >= 0.3 is 0 Å². The van der Waals surface area contributed by atoms with Crippen LogP contribution in [0.2, 0.25) is 0 Å². The van der Waals surface area contributed by atoms with Gasteiger partial charge in [-0.1, -0.05) is 32.9 Å². The van der Waals surface area contributed by atoms with Gasteiger partial charge in [0.15, 0.2) is 0 Å². The van der Waals surface area contributed by atoms with Crippen molar-refractivity contribution in [1.82, 2.24) is 0 Å². The number of ether oxygens (including phenoxy) is 1. The van der Waals surface area contributed by atoms with E-state index in [1.165, 1.54) is 11.1 Å². The Balaban J connectivity index is 2.47. The Morgan fingerprint density at radius 3 is 2.42 bits per heavy atom. The van der Waals surface area contributed by atoms with Crippen molar-refractivity contribution in [2.24, 2.45) is 0 Å². The van der Waals surface area contributed by atoms with Gasteiger partial charge in [0, 0.05) is 0 Å². The van der Waals surface area contributed by atoms with E-state index in [1.54, 1.807) is 0 Å². The molecule has 0 saturated heterocycles. The van der Waals surface area contributed by atoms with Crippen LogP contribution in [-0.2, 0) is 5.41 Å². The number of aliphatic hydroxyl groups excluding tert-OH is 1. The van der Waals surface area contributed by atoms with E-state index in [0.717, 1.165) is 31.6 Å². The van der Waals surface area contributed by atoms with E-state index in [-0.39, 0.29) is 11.5 Å². The second kappa shape index (κ2) is 6.95. The Morgan fingerprint density at radius 2 is 1.89 bits per heavy atom. The molecule has 0 saturated carbocycles. The van der Waals surface area contributed by atoms with Crippen LogP contribution in [0.3, 0.4) is 0 Å². The van der Waals surface area contributed by atoms with Gasteiger partial charge < -0.3 is 9.84 Å². The molecule has 0 fully saturated rings. The molecule has 1 N–H and O–H groups in total. The van der Waals surface area contributed by atoms with Crippen LogP contribution < -0.4 is 4.74 Å². The molecule has 108 valence electrons. The first-order valence-electron chi connectivity index (χ1n) is 7.22. The lowest BCUT2D eigenvalue weighted by molar-refractivity contribution is 0.177. The third-order valence-electron chi connectivity index (χ3n) is 3.31. The van der Waals surface area contributed by atoms with Crippen LogP contribution in [0.5, 0.6) is 5.75 Å². The molecule has 1 atom stereocenters. The molecule has 0 aliphatic carbocycles. The molecule has 0 aliphatic rings. The molecular formula is C17H28O2. The van der Waals surface area contributed by atoms with Gasteiger partial charge in [-0.3, -0.25) is 0 Å². The van der Waals surface area contributed by atoms with Crippen LogP contribution >= 0.6 is 0 Å². The van der Waals surface area contributed by atoms with Gasteiger partial charge in [0.05, 0.1) is 12.7 Å². The molecule has 0 aromatic heterocycles. The van der Waals surface area contributed by atoms with Crippen LogP contribution in [-0.4, -0.2) is 17.8 Å². The fraction of sp³-hybridized carbons (Fsp3) is 0.647. The van der Waals surface area contributed by atoms with E-state index in [2.05, 4.69) is 45.9 Å². The van der Waals surface area contributed by atoms with Crippen LogP contribution in [0.15, 0.2) is 18.2 Å². The maximum absolute atomic E-state index is 9.18. The van der Waals surface area contributed by atoms with Crippen molar-refractivity contribution < 1.29 is 9.84 Å². The monoisotopic (exact) mass is 264 g/mol. The fourth-order valence-corrected chi connectivity index (χ4v) is 2.00. The van der Waals surface area contributed by atoms with Crippen LogP contribution in [0.25, 0.3) is 0 Å². The lowest BCUT2D eigenvalue weighted by Gasteiger charge is -2.20. The number of hydrogen-bond acceptors (Lipinski definition) is 2. The molecular weight excluding hydrogens is 236 g/mol. The molecule has 0 spiro atoms. The smallest absolute Gasteiger partial charge is 0.122 e. The third-order valence-corrected chi connectivity index (χ3v) is 3.31. The fourth-order valence-electron chi connectivity index (χ4n) is 2.00. The molecule has 0 aliphatic heterocycles. The molecule has 2 nitrogen and oxygen atoms in total. The van der Waals surface area contributed by atoms with E-state index >= 15 is 0 Å². The number of hydrogen-bond donors (Lipinski definition) is 1. The predicted octanol–water partition coefficient (Wildman–Crippen LogP) is 4.22. The molecule has 1 aromatic rings. The van der Waals surface area contributed by atoms with Crippen molar-refractivity contribution in [1.29, 1.82) is 0 Å². The minimum atomic E-state index is -0.201. The van der Waals surface area contributed by atoms with Gasteiger partial charge in [0.1, 0.15) is 5.75 Å². The van der Waals surface area contributed by atoms with E-state index in [9.17, 15) is 5.11 Å². The first-order chi connectivity index (χ1) is 8.80.